The molecule has 1 aliphatic rings. The summed E-state index contributed by atoms with van der Waals surface area (Å²) in [5, 5.41) is 1.08. The SMILES string of the molecule is COc1ccc(CN2CCN(c3ccccc3)CC2)c2cc(-c3ccco3)oc12. The Balaban J connectivity index is 1.37. The molecule has 0 unspecified atom stereocenters. The predicted octanol–water partition coefficient (Wildman–Crippen LogP) is 5.02. The number of rotatable bonds is 5. The van der Waals surface area contributed by atoms with Crippen LogP contribution in [0.4, 0.5) is 5.69 Å². The first-order valence-electron chi connectivity index (χ1n) is 9.97. The van der Waals surface area contributed by atoms with E-state index >= 15 is 0 Å². The molecule has 0 atom stereocenters. The van der Waals surface area contributed by atoms with Gasteiger partial charge in [-0.3, -0.25) is 4.90 Å². The van der Waals surface area contributed by atoms with Gasteiger partial charge in [0.15, 0.2) is 22.9 Å². The first-order valence-corrected chi connectivity index (χ1v) is 9.97. The highest BCUT2D eigenvalue weighted by atomic mass is 16.5. The van der Waals surface area contributed by atoms with Crippen LogP contribution in [0.25, 0.3) is 22.5 Å². The van der Waals surface area contributed by atoms with Crippen molar-refractivity contribution in [3.05, 3.63) is 72.5 Å². The fraction of sp³-hybridized carbons (Fsp3) is 0.250. The van der Waals surface area contributed by atoms with Gasteiger partial charge in [-0.15, -0.1) is 0 Å². The molecule has 0 N–H and O–H groups in total. The van der Waals surface area contributed by atoms with Gasteiger partial charge in [-0.05, 0) is 42.0 Å². The van der Waals surface area contributed by atoms with E-state index in [1.165, 1.54) is 11.3 Å². The van der Waals surface area contributed by atoms with Gasteiger partial charge in [0.1, 0.15) is 0 Å². The molecule has 1 aliphatic heterocycles. The van der Waals surface area contributed by atoms with E-state index in [0.717, 1.165) is 61.0 Å². The van der Waals surface area contributed by atoms with Gasteiger partial charge in [-0.25, -0.2) is 0 Å². The second-order valence-electron chi connectivity index (χ2n) is 7.36. The van der Waals surface area contributed by atoms with E-state index in [4.69, 9.17) is 13.6 Å². The zero-order chi connectivity index (χ0) is 19.6. The minimum atomic E-state index is 0.727. The van der Waals surface area contributed by atoms with Crippen LogP contribution >= 0.6 is 0 Å². The Bertz CT molecular complexity index is 1080. The quantitative estimate of drug-likeness (QED) is 0.480. The number of fused-ring (bicyclic) bond motifs is 1. The maximum atomic E-state index is 6.09. The third kappa shape index (κ3) is 3.49. The van der Waals surface area contributed by atoms with Crippen LogP contribution in [0.3, 0.4) is 0 Å². The fourth-order valence-electron chi connectivity index (χ4n) is 4.04. The molecule has 0 spiro atoms. The highest BCUT2D eigenvalue weighted by Crippen LogP contribution is 2.36. The molecule has 0 bridgehead atoms. The van der Waals surface area contributed by atoms with Crippen LogP contribution in [0.5, 0.6) is 5.75 Å². The topological polar surface area (TPSA) is 42.0 Å². The van der Waals surface area contributed by atoms with Gasteiger partial charge >= 0.3 is 0 Å². The summed E-state index contributed by atoms with van der Waals surface area (Å²) in [7, 11) is 1.67. The zero-order valence-corrected chi connectivity index (χ0v) is 16.5. The predicted molar refractivity (Wildman–Crippen MR) is 114 cm³/mol. The molecule has 0 amide bonds. The van der Waals surface area contributed by atoms with Crippen molar-refractivity contribution in [3.63, 3.8) is 0 Å². The number of hydrogen-bond donors (Lipinski definition) is 0. The Hall–Kier alpha value is -3.18. The minimum absolute atomic E-state index is 0.727. The average molecular weight is 388 g/mol. The summed E-state index contributed by atoms with van der Waals surface area (Å²) >= 11 is 0. The molecule has 5 rings (SSSR count). The minimum Gasteiger partial charge on any atom is -0.493 e. The first kappa shape index (κ1) is 17.9. The number of hydrogen-bond acceptors (Lipinski definition) is 5. The van der Waals surface area contributed by atoms with Crippen LogP contribution in [0.2, 0.25) is 0 Å². The molecule has 1 fully saturated rings. The van der Waals surface area contributed by atoms with Crippen molar-refractivity contribution in [1.82, 2.24) is 4.90 Å². The second kappa shape index (κ2) is 7.68. The van der Waals surface area contributed by atoms with E-state index in [1.807, 2.05) is 18.2 Å². The average Bonchev–Trinajstić information content (AvgIpc) is 3.45. The summed E-state index contributed by atoms with van der Waals surface area (Å²) in [5.74, 6) is 2.20. The number of para-hydroxylation sites is 1. The van der Waals surface area contributed by atoms with Crippen molar-refractivity contribution in [2.75, 3.05) is 38.2 Å². The number of ether oxygens (including phenoxy) is 1. The summed E-state index contributed by atoms with van der Waals surface area (Å²) < 4.78 is 17.1. The summed E-state index contributed by atoms with van der Waals surface area (Å²) in [6.45, 7) is 5.02. The van der Waals surface area contributed by atoms with E-state index < -0.39 is 0 Å². The Labute approximate surface area is 170 Å². The molecular weight excluding hydrogens is 364 g/mol. The van der Waals surface area contributed by atoms with Gasteiger partial charge in [-0.2, -0.15) is 0 Å². The van der Waals surface area contributed by atoms with Gasteiger partial charge in [0.2, 0.25) is 0 Å². The molecule has 0 radical (unpaired) electrons. The number of nitrogens with zero attached hydrogens (tertiary/aromatic N) is 2. The van der Waals surface area contributed by atoms with Gasteiger partial charge in [0.05, 0.1) is 13.4 Å². The highest BCUT2D eigenvalue weighted by molar-refractivity contribution is 5.89. The van der Waals surface area contributed by atoms with E-state index in [1.54, 1.807) is 13.4 Å². The van der Waals surface area contributed by atoms with Crippen molar-refractivity contribution in [2.24, 2.45) is 0 Å². The Morgan fingerprint density at radius 2 is 1.72 bits per heavy atom. The monoisotopic (exact) mass is 388 g/mol. The number of piperazine rings is 1. The maximum absolute atomic E-state index is 6.09. The standard InChI is InChI=1S/C24H24N2O3/c1-27-22-10-9-18(20-16-23(29-24(20)22)21-8-5-15-28-21)17-25-11-13-26(14-12-25)19-6-3-2-4-7-19/h2-10,15-16H,11-14,17H2,1H3. The van der Waals surface area contributed by atoms with Crippen molar-refractivity contribution >= 4 is 16.7 Å². The number of methoxy groups -OCH3 is 1. The van der Waals surface area contributed by atoms with Crippen LogP contribution in [0, 0.1) is 0 Å². The van der Waals surface area contributed by atoms with Crippen LogP contribution in [0.15, 0.2) is 75.8 Å². The van der Waals surface area contributed by atoms with Crippen molar-refractivity contribution in [1.29, 1.82) is 0 Å². The number of anilines is 1. The molecule has 2 aromatic carbocycles. The largest absolute Gasteiger partial charge is 0.493 e. The van der Waals surface area contributed by atoms with E-state index in [2.05, 4.69) is 52.3 Å². The van der Waals surface area contributed by atoms with Crippen LogP contribution in [-0.2, 0) is 6.54 Å². The first-order chi connectivity index (χ1) is 14.3. The highest BCUT2D eigenvalue weighted by Gasteiger charge is 2.20. The van der Waals surface area contributed by atoms with Gasteiger partial charge < -0.3 is 18.5 Å². The second-order valence-corrected chi connectivity index (χ2v) is 7.36. The van der Waals surface area contributed by atoms with E-state index in [9.17, 15) is 0 Å². The van der Waals surface area contributed by atoms with Gasteiger partial charge in [0.25, 0.3) is 0 Å². The molecule has 29 heavy (non-hydrogen) atoms. The van der Waals surface area contributed by atoms with Crippen LogP contribution < -0.4 is 9.64 Å². The maximum Gasteiger partial charge on any atom is 0.177 e. The van der Waals surface area contributed by atoms with Crippen LogP contribution in [-0.4, -0.2) is 38.2 Å². The van der Waals surface area contributed by atoms with Crippen LogP contribution in [0.1, 0.15) is 5.56 Å². The molecule has 3 heterocycles. The molecular formula is C24H24N2O3. The lowest BCUT2D eigenvalue weighted by Gasteiger charge is -2.36. The third-order valence-corrected chi connectivity index (χ3v) is 5.61. The molecule has 0 saturated carbocycles. The molecule has 1 saturated heterocycles. The van der Waals surface area contributed by atoms with Gasteiger partial charge in [0, 0.05) is 43.8 Å². The molecule has 2 aromatic heterocycles. The summed E-state index contributed by atoms with van der Waals surface area (Å²) in [5.41, 5.74) is 3.33. The normalized spacial score (nSPS) is 15.1. The molecule has 148 valence electrons. The lowest BCUT2D eigenvalue weighted by molar-refractivity contribution is 0.250. The molecule has 4 aromatic rings. The van der Waals surface area contributed by atoms with Crippen molar-refractivity contribution in [3.8, 4) is 17.3 Å². The third-order valence-electron chi connectivity index (χ3n) is 5.61. The molecule has 5 heteroatoms. The zero-order valence-electron chi connectivity index (χ0n) is 16.5. The van der Waals surface area contributed by atoms with Crippen molar-refractivity contribution < 1.29 is 13.6 Å². The van der Waals surface area contributed by atoms with Crippen molar-refractivity contribution in [2.45, 2.75) is 6.54 Å². The number of furan rings is 2. The Morgan fingerprint density at radius 1 is 0.897 bits per heavy atom. The Morgan fingerprint density at radius 3 is 2.45 bits per heavy atom. The lowest BCUT2D eigenvalue weighted by Crippen LogP contribution is -2.45. The molecule has 5 nitrogen and oxygen atoms in total. The smallest absolute Gasteiger partial charge is 0.177 e. The summed E-state index contributed by atoms with van der Waals surface area (Å²) in [4.78, 5) is 4.95. The summed E-state index contributed by atoms with van der Waals surface area (Å²) in [6.07, 6.45) is 1.66. The summed E-state index contributed by atoms with van der Waals surface area (Å²) in [6, 6.07) is 20.6. The van der Waals surface area contributed by atoms with E-state index in [-0.39, 0.29) is 0 Å². The molecule has 0 aliphatic carbocycles. The van der Waals surface area contributed by atoms with E-state index in [0.29, 0.717) is 0 Å². The fourth-order valence-corrected chi connectivity index (χ4v) is 4.04. The number of benzene rings is 2. The lowest BCUT2D eigenvalue weighted by atomic mass is 10.1. The Kier molecular flexibility index (Phi) is 4.74. The van der Waals surface area contributed by atoms with Gasteiger partial charge in [-0.1, -0.05) is 24.3 Å².